The number of rotatable bonds is 6. The zero-order valence-corrected chi connectivity index (χ0v) is 21.3. The Bertz CT molecular complexity index is 1430. The van der Waals surface area contributed by atoms with Gasteiger partial charge in [0, 0.05) is 36.2 Å². The minimum atomic E-state index is -0.962. The third-order valence-electron chi connectivity index (χ3n) is 6.94. The summed E-state index contributed by atoms with van der Waals surface area (Å²) in [6.07, 6.45) is 1.77. The molecule has 2 saturated heterocycles. The van der Waals surface area contributed by atoms with Crippen LogP contribution < -0.4 is 15.1 Å². The first kappa shape index (κ1) is 24.1. The number of aromatic carboxylic acids is 1. The Balaban J connectivity index is 1.35. The van der Waals surface area contributed by atoms with Gasteiger partial charge in [-0.2, -0.15) is 0 Å². The van der Waals surface area contributed by atoms with E-state index in [1.807, 2.05) is 30.3 Å². The van der Waals surface area contributed by atoms with E-state index in [-0.39, 0.29) is 17.6 Å². The van der Waals surface area contributed by atoms with E-state index in [0.717, 1.165) is 54.7 Å². The van der Waals surface area contributed by atoms with Crippen LogP contribution in [0.15, 0.2) is 89.5 Å². The molecule has 9 heteroatoms. The van der Waals surface area contributed by atoms with E-state index in [0.29, 0.717) is 10.9 Å². The maximum atomic E-state index is 11.2. The second-order valence-electron chi connectivity index (χ2n) is 9.20. The molecule has 0 aliphatic carbocycles. The predicted molar refractivity (Wildman–Crippen MR) is 149 cm³/mol. The molecule has 8 nitrogen and oxygen atoms in total. The van der Waals surface area contributed by atoms with E-state index >= 15 is 0 Å². The second-order valence-corrected chi connectivity index (χ2v) is 9.58. The van der Waals surface area contributed by atoms with E-state index in [9.17, 15) is 9.90 Å². The van der Waals surface area contributed by atoms with E-state index in [1.165, 1.54) is 0 Å². The standard InChI is InChI=1S/C29H26N4O4S/c34-28(35)20-6-4-19(5-7-20)24-12-13-25(37-24)27-26(23-3-1-2-14-30-23)31-29(38)33(27)22-10-8-21(9-11-22)32-15-17-36-18-16-32/h1-14,26-27H,15-18H2,(H,31,38)(H,34,35). The average molecular weight is 527 g/mol. The van der Waals surface area contributed by atoms with Gasteiger partial charge in [0.15, 0.2) is 5.11 Å². The number of furan rings is 1. The number of morpholine rings is 1. The lowest BCUT2D eigenvalue weighted by Crippen LogP contribution is -2.36. The zero-order valence-electron chi connectivity index (χ0n) is 20.5. The normalized spacial score (nSPS) is 19.4. The molecule has 6 rings (SSSR count). The molecule has 2 aliphatic heterocycles. The third-order valence-corrected chi connectivity index (χ3v) is 7.25. The zero-order chi connectivity index (χ0) is 26.1. The fraction of sp³-hybridized carbons (Fsp3) is 0.207. The summed E-state index contributed by atoms with van der Waals surface area (Å²) in [5.74, 6) is 0.412. The molecule has 0 spiro atoms. The smallest absolute Gasteiger partial charge is 0.335 e. The molecule has 38 heavy (non-hydrogen) atoms. The van der Waals surface area contributed by atoms with Crippen molar-refractivity contribution in [3.63, 3.8) is 0 Å². The van der Waals surface area contributed by atoms with Crippen LogP contribution in [0.2, 0.25) is 0 Å². The number of nitrogens with one attached hydrogen (secondary N) is 1. The number of anilines is 2. The van der Waals surface area contributed by atoms with Gasteiger partial charge in [-0.3, -0.25) is 4.98 Å². The van der Waals surface area contributed by atoms with Gasteiger partial charge < -0.3 is 29.4 Å². The van der Waals surface area contributed by atoms with Gasteiger partial charge in [-0.1, -0.05) is 18.2 Å². The summed E-state index contributed by atoms with van der Waals surface area (Å²) in [6.45, 7) is 3.21. The molecule has 2 unspecified atom stereocenters. The van der Waals surface area contributed by atoms with Crippen LogP contribution in [-0.4, -0.2) is 47.5 Å². The summed E-state index contributed by atoms with van der Waals surface area (Å²) < 4.78 is 11.9. The van der Waals surface area contributed by atoms with Gasteiger partial charge in [0.25, 0.3) is 0 Å². The molecule has 4 heterocycles. The van der Waals surface area contributed by atoms with E-state index in [4.69, 9.17) is 21.4 Å². The molecule has 2 N–H and O–H groups in total. The number of hydrogen-bond acceptors (Lipinski definition) is 6. The van der Waals surface area contributed by atoms with E-state index < -0.39 is 5.97 Å². The lowest BCUT2D eigenvalue weighted by atomic mass is 10.0. The van der Waals surface area contributed by atoms with Crippen LogP contribution in [0.5, 0.6) is 0 Å². The summed E-state index contributed by atoms with van der Waals surface area (Å²) in [4.78, 5) is 20.2. The average Bonchev–Trinajstić information content (AvgIpc) is 3.59. The van der Waals surface area contributed by atoms with Crippen molar-refractivity contribution in [2.75, 3.05) is 36.1 Å². The predicted octanol–water partition coefficient (Wildman–Crippen LogP) is 5.05. The van der Waals surface area contributed by atoms with Gasteiger partial charge in [-0.05, 0) is 72.9 Å². The number of nitrogens with zero attached hydrogens (tertiary/aromatic N) is 3. The van der Waals surface area contributed by atoms with Crippen molar-refractivity contribution in [3.05, 3.63) is 102 Å². The topological polar surface area (TPSA) is 91.1 Å². The Morgan fingerprint density at radius 2 is 1.68 bits per heavy atom. The van der Waals surface area contributed by atoms with Crippen LogP contribution in [0.1, 0.15) is 33.9 Å². The number of ether oxygens (including phenoxy) is 1. The lowest BCUT2D eigenvalue weighted by Gasteiger charge is -2.30. The van der Waals surface area contributed by atoms with Crippen LogP contribution in [-0.2, 0) is 4.74 Å². The minimum Gasteiger partial charge on any atom is -0.478 e. The van der Waals surface area contributed by atoms with Gasteiger partial charge in [-0.25, -0.2) is 4.79 Å². The lowest BCUT2D eigenvalue weighted by molar-refractivity contribution is 0.0697. The largest absolute Gasteiger partial charge is 0.478 e. The molecule has 2 aromatic carbocycles. The summed E-state index contributed by atoms with van der Waals surface area (Å²) in [6, 6.07) is 24.2. The highest BCUT2D eigenvalue weighted by Crippen LogP contribution is 2.43. The van der Waals surface area contributed by atoms with Crippen LogP contribution in [0, 0.1) is 0 Å². The van der Waals surface area contributed by atoms with Gasteiger partial charge >= 0.3 is 5.97 Å². The van der Waals surface area contributed by atoms with Gasteiger partial charge in [0.05, 0.1) is 30.5 Å². The Kier molecular flexibility index (Phi) is 6.53. The van der Waals surface area contributed by atoms with Crippen molar-refractivity contribution in [2.24, 2.45) is 0 Å². The molecule has 0 radical (unpaired) electrons. The summed E-state index contributed by atoms with van der Waals surface area (Å²) in [5, 5.41) is 13.3. The second kappa shape index (κ2) is 10.3. The fourth-order valence-electron chi connectivity index (χ4n) is 5.01. The molecule has 2 aliphatic rings. The number of thiocarbonyl (C=S) groups is 1. The van der Waals surface area contributed by atoms with Crippen molar-refractivity contribution < 1.29 is 19.1 Å². The quantitative estimate of drug-likeness (QED) is 0.335. The highest BCUT2D eigenvalue weighted by atomic mass is 32.1. The maximum absolute atomic E-state index is 11.2. The first-order valence-corrected chi connectivity index (χ1v) is 12.9. The summed E-state index contributed by atoms with van der Waals surface area (Å²) in [5.41, 5.74) is 3.99. The first-order valence-electron chi connectivity index (χ1n) is 12.5. The molecule has 2 fully saturated rings. The van der Waals surface area contributed by atoms with Crippen LogP contribution in [0.25, 0.3) is 11.3 Å². The first-order chi connectivity index (χ1) is 18.6. The molecule has 192 valence electrons. The number of pyridine rings is 1. The molecule has 2 aromatic heterocycles. The Labute approximate surface area is 225 Å². The molecule has 0 bridgehead atoms. The molecule has 0 amide bonds. The van der Waals surface area contributed by atoms with Crippen molar-refractivity contribution in [3.8, 4) is 11.3 Å². The van der Waals surface area contributed by atoms with Crippen molar-refractivity contribution in [2.45, 2.75) is 12.1 Å². The van der Waals surface area contributed by atoms with Gasteiger partial charge in [-0.15, -0.1) is 0 Å². The Morgan fingerprint density at radius 1 is 0.947 bits per heavy atom. The molecule has 0 saturated carbocycles. The highest BCUT2D eigenvalue weighted by molar-refractivity contribution is 7.80. The monoisotopic (exact) mass is 526 g/mol. The summed E-state index contributed by atoms with van der Waals surface area (Å²) >= 11 is 5.84. The number of hydrogen-bond donors (Lipinski definition) is 2. The summed E-state index contributed by atoms with van der Waals surface area (Å²) in [7, 11) is 0. The molecular weight excluding hydrogens is 500 g/mol. The number of carbonyl (C=O) groups is 1. The van der Waals surface area contributed by atoms with Crippen molar-refractivity contribution >= 4 is 34.7 Å². The van der Waals surface area contributed by atoms with Crippen molar-refractivity contribution in [1.82, 2.24) is 10.3 Å². The Morgan fingerprint density at radius 3 is 2.37 bits per heavy atom. The number of aromatic nitrogens is 1. The number of carboxylic acids is 1. The van der Waals surface area contributed by atoms with Gasteiger partial charge in [0.2, 0.25) is 0 Å². The number of benzene rings is 2. The van der Waals surface area contributed by atoms with E-state index in [2.05, 4.69) is 44.4 Å². The highest BCUT2D eigenvalue weighted by Gasteiger charge is 2.42. The molecule has 2 atom stereocenters. The SMILES string of the molecule is O=C(O)c1ccc(-c2ccc(C3C(c4ccccn4)NC(=S)N3c3ccc(N4CCOCC4)cc3)o2)cc1. The number of carboxylic acid groups (broad SMARTS) is 1. The fourth-order valence-corrected chi connectivity index (χ4v) is 5.36. The maximum Gasteiger partial charge on any atom is 0.335 e. The van der Waals surface area contributed by atoms with E-state index in [1.54, 1.807) is 30.5 Å². The van der Waals surface area contributed by atoms with Crippen LogP contribution in [0.3, 0.4) is 0 Å². The third kappa shape index (κ3) is 4.62. The molecular formula is C29H26N4O4S. The van der Waals surface area contributed by atoms with Crippen LogP contribution >= 0.6 is 12.2 Å². The Hall–Kier alpha value is -4.21. The van der Waals surface area contributed by atoms with Crippen molar-refractivity contribution in [1.29, 1.82) is 0 Å². The minimum absolute atomic E-state index is 0.226. The van der Waals surface area contributed by atoms with Gasteiger partial charge in [0.1, 0.15) is 17.6 Å². The van der Waals surface area contributed by atoms with Crippen LogP contribution in [0.4, 0.5) is 11.4 Å². The molecule has 4 aromatic rings.